The molecule has 1 amide bonds. The molecule has 0 radical (unpaired) electrons. The lowest BCUT2D eigenvalue weighted by Crippen LogP contribution is -2.32. The van der Waals surface area contributed by atoms with Crippen molar-refractivity contribution in [3.8, 4) is 0 Å². The maximum Gasteiger partial charge on any atom is 0.410 e. The Hall–Kier alpha value is -2.60. The maximum absolute atomic E-state index is 12.6. The van der Waals surface area contributed by atoms with Gasteiger partial charge in [0.05, 0.1) is 11.6 Å². The van der Waals surface area contributed by atoms with Gasteiger partial charge < -0.3 is 9.72 Å². The molecule has 5 nitrogen and oxygen atoms in total. The molecule has 4 rings (SSSR count). The van der Waals surface area contributed by atoms with E-state index in [9.17, 15) is 9.59 Å². The number of ether oxygens (including phenoxy) is 1. The Balaban J connectivity index is 0.000000807. The van der Waals surface area contributed by atoms with Crippen LogP contribution < -0.4 is 5.43 Å². The molecule has 0 bridgehead atoms. The van der Waals surface area contributed by atoms with Crippen molar-refractivity contribution >= 4 is 32.9 Å². The van der Waals surface area contributed by atoms with E-state index in [1.54, 1.807) is 17.0 Å². The molecule has 1 unspecified atom stereocenters. The number of hydrogen-bond acceptors (Lipinski definition) is 3. The van der Waals surface area contributed by atoms with Crippen LogP contribution in [0, 0.1) is 0 Å². The van der Waals surface area contributed by atoms with Crippen molar-refractivity contribution in [3.63, 3.8) is 0 Å². The second-order valence-corrected chi connectivity index (χ2v) is 7.59. The minimum absolute atomic E-state index is 0.0456. The second-order valence-electron chi connectivity index (χ2n) is 6.67. The van der Waals surface area contributed by atoms with Crippen molar-refractivity contribution in [1.29, 1.82) is 0 Å². The molecule has 0 saturated carbocycles. The molecule has 2 aromatic carbocycles. The highest BCUT2D eigenvalue weighted by atomic mass is 79.9. The van der Waals surface area contributed by atoms with E-state index in [0.29, 0.717) is 11.9 Å². The Labute approximate surface area is 192 Å². The lowest BCUT2D eigenvalue weighted by atomic mass is 10.1. The number of aromatic nitrogens is 1. The third-order valence-corrected chi connectivity index (χ3v) is 5.36. The van der Waals surface area contributed by atoms with Crippen LogP contribution in [0.25, 0.3) is 10.9 Å². The number of nitrogens with one attached hydrogen (secondary N) is 1. The fourth-order valence-corrected chi connectivity index (χ4v) is 3.90. The van der Waals surface area contributed by atoms with Crippen LogP contribution in [0.1, 0.15) is 57.8 Å². The quantitative estimate of drug-likeness (QED) is 0.441. The van der Waals surface area contributed by atoms with Crippen molar-refractivity contribution in [3.05, 3.63) is 80.6 Å². The molecule has 1 aliphatic rings. The largest absolute Gasteiger partial charge is 0.445 e. The number of halogens is 1. The minimum Gasteiger partial charge on any atom is -0.445 e. The Morgan fingerprint density at radius 2 is 1.81 bits per heavy atom. The van der Waals surface area contributed by atoms with Gasteiger partial charge in [0.15, 0.2) is 5.43 Å². The van der Waals surface area contributed by atoms with Crippen LogP contribution >= 0.6 is 15.9 Å². The molecule has 1 aliphatic heterocycles. The molecular formula is C25H31BrN2O3. The number of carbonyl (C=O) groups is 1. The number of amides is 1. The van der Waals surface area contributed by atoms with E-state index in [0.717, 1.165) is 34.1 Å². The van der Waals surface area contributed by atoms with Crippen molar-refractivity contribution in [2.45, 2.75) is 53.2 Å². The topological polar surface area (TPSA) is 62.4 Å². The predicted octanol–water partition coefficient (Wildman–Crippen LogP) is 6.82. The first-order valence-electron chi connectivity index (χ1n) is 10.9. The molecular weight excluding hydrogens is 456 g/mol. The molecule has 1 aromatic heterocycles. The summed E-state index contributed by atoms with van der Waals surface area (Å²) in [5.41, 5.74) is 2.41. The van der Waals surface area contributed by atoms with Crippen LogP contribution in [0.3, 0.4) is 0 Å². The Kier molecular flexibility index (Phi) is 9.79. The molecule has 1 N–H and O–H groups in total. The number of rotatable bonds is 3. The Morgan fingerprint density at radius 1 is 1.10 bits per heavy atom. The number of aromatic amines is 1. The van der Waals surface area contributed by atoms with Gasteiger partial charge in [0.2, 0.25) is 0 Å². The molecule has 0 aliphatic carbocycles. The van der Waals surface area contributed by atoms with E-state index in [1.807, 2.05) is 70.2 Å². The van der Waals surface area contributed by atoms with Crippen molar-refractivity contribution in [2.75, 3.05) is 6.54 Å². The van der Waals surface area contributed by atoms with Gasteiger partial charge in [-0.1, -0.05) is 74.0 Å². The molecule has 166 valence electrons. The smallest absolute Gasteiger partial charge is 0.410 e. The van der Waals surface area contributed by atoms with Crippen LogP contribution in [0.2, 0.25) is 0 Å². The first kappa shape index (κ1) is 24.7. The first-order chi connectivity index (χ1) is 15.1. The number of fused-ring (bicyclic) bond motifs is 1. The van der Waals surface area contributed by atoms with E-state index in [1.165, 1.54) is 0 Å². The highest BCUT2D eigenvalue weighted by molar-refractivity contribution is 9.10. The van der Waals surface area contributed by atoms with Gasteiger partial charge in [0, 0.05) is 28.2 Å². The van der Waals surface area contributed by atoms with E-state index in [4.69, 9.17) is 4.74 Å². The van der Waals surface area contributed by atoms with Gasteiger partial charge in [-0.2, -0.15) is 0 Å². The van der Waals surface area contributed by atoms with E-state index in [-0.39, 0.29) is 24.2 Å². The number of benzene rings is 2. The van der Waals surface area contributed by atoms with Crippen molar-refractivity contribution in [1.82, 2.24) is 9.88 Å². The zero-order valence-corrected chi connectivity index (χ0v) is 20.2. The van der Waals surface area contributed by atoms with Gasteiger partial charge in [-0.25, -0.2) is 4.79 Å². The second kappa shape index (κ2) is 12.3. The van der Waals surface area contributed by atoms with Crippen LogP contribution in [-0.4, -0.2) is 22.5 Å². The molecule has 3 aromatic rings. The average molecular weight is 487 g/mol. The maximum atomic E-state index is 12.6. The number of pyridine rings is 1. The monoisotopic (exact) mass is 486 g/mol. The highest BCUT2D eigenvalue weighted by Crippen LogP contribution is 2.32. The van der Waals surface area contributed by atoms with Gasteiger partial charge in [0.1, 0.15) is 6.61 Å². The first-order valence-corrected chi connectivity index (χ1v) is 11.7. The molecule has 31 heavy (non-hydrogen) atoms. The van der Waals surface area contributed by atoms with Crippen molar-refractivity contribution in [2.24, 2.45) is 0 Å². The fraction of sp³-hybridized carbons (Fsp3) is 0.360. The summed E-state index contributed by atoms with van der Waals surface area (Å²) >= 11 is 3.44. The van der Waals surface area contributed by atoms with E-state index < -0.39 is 0 Å². The van der Waals surface area contributed by atoms with Gasteiger partial charge >= 0.3 is 6.09 Å². The Bertz CT molecular complexity index is 1030. The third kappa shape index (κ3) is 6.20. The molecule has 1 saturated heterocycles. The van der Waals surface area contributed by atoms with E-state index >= 15 is 0 Å². The molecule has 0 spiro atoms. The van der Waals surface area contributed by atoms with Gasteiger partial charge in [0.25, 0.3) is 0 Å². The SMILES string of the molecule is CC.CC.O=C(OCc1ccccc1)N1CCCC1c1cc(=O)c2ccc(Br)cc2[nH]1. The summed E-state index contributed by atoms with van der Waals surface area (Å²) in [5.74, 6) is 0. The predicted molar refractivity (Wildman–Crippen MR) is 130 cm³/mol. The van der Waals surface area contributed by atoms with Gasteiger partial charge in [-0.05, 0) is 36.6 Å². The van der Waals surface area contributed by atoms with Crippen LogP contribution in [0.4, 0.5) is 4.79 Å². The summed E-state index contributed by atoms with van der Waals surface area (Å²) in [4.78, 5) is 30.1. The van der Waals surface area contributed by atoms with Crippen LogP contribution in [0.5, 0.6) is 0 Å². The lowest BCUT2D eigenvalue weighted by molar-refractivity contribution is 0.0915. The summed E-state index contributed by atoms with van der Waals surface area (Å²) in [7, 11) is 0. The molecule has 2 heterocycles. The highest BCUT2D eigenvalue weighted by Gasteiger charge is 2.32. The summed E-state index contributed by atoms with van der Waals surface area (Å²) in [6.07, 6.45) is 1.33. The lowest BCUT2D eigenvalue weighted by Gasteiger charge is -2.24. The molecule has 1 fully saturated rings. The number of H-pyrrole nitrogens is 1. The number of nitrogens with zero attached hydrogens (tertiary/aromatic N) is 1. The molecule has 6 heteroatoms. The molecule has 1 atom stereocenters. The minimum atomic E-state index is -0.350. The summed E-state index contributed by atoms with van der Waals surface area (Å²) < 4.78 is 6.38. The fourth-order valence-electron chi connectivity index (χ4n) is 3.54. The standard InChI is InChI=1S/C21H19BrN2O3.2C2H6/c22-15-8-9-16-17(11-15)23-18(12-20(16)25)19-7-4-10-24(19)21(26)27-13-14-5-2-1-3-6-14;2*1-2/h1-3,5-6,8-9,11-12,19H,4,7,10,13H2,(H,23,25);2*1-2H3. The van der Waals surface area contributed by atoms with Gasteiger partial charge in [-0.3, -0.25) is 9.69 Å². The number of likely N-dealkylation sites (tertiary alicyclic amines) is 1. The average Bonchev–Trinajstić information content (AvgIpc) is 3.31. The third-order valence-electron chi connectivity index (χ3n) is 4.86. The number of carbonyl (C=O) groups excluding carboxylic acids is 1. The zero-order chi connectivity index (χ0) is 22.8. The normalized spacial score (nSPS) is 14.9. The van der Waals surface area contributed by atoms with E-state index in [2.05, 4.69) is 20.9 Å². The zero-order valence-electron chi connectivity index (χ0n) is 18.7. The van der Waals surface area contributed by atoms with Crippen molar-refractivity contribution < 1.29 is 9.53 Å². The Morgan fingerprint density at radius 3 is 2.52 bits per heavy atom. The summed E-state index contributed by atoms with van der Waals surface area (Å²) in [5, 5.41) is 0.637. The summed E-state index contributed by atoms with van der Waals surface area (Å²) in [6, 6.07) is 16.6. The summed E-state index contributed by atoms with van der Waals surface area (Å²) in [6.45, 7) is 8.86. The van der Waals surface area contributed by atoms with Gasteiger partial charge in [-0.15, -0.1) is 0 Å². The number of hydrogen-bond donors (Lipinski definition) is 1. The van der Waals surface area contributed by atoms with Crippen LogP contribution in [0.15, 0.2) is 63.9 Å². The van der Waals surface area contributed by atoms with Crippen LogP contribution in [-0.2, 0) is 11.3 Å².